The van der Waals surface area contributed by atoms with Gasteiger partial charge in [-0.15, -0.1) is 11.6 Å². The van der Waals surface area contributed by atoms with E-state index in [1.807, 2.05) is 24.8 Å². The molecule has 2 heterocycles. The van der Waals surface area contributed by atoms with Crippen LogP contribution in [-0.4, -0.2) is 14.5 Å². The number of pyridine rings is 1. The molecule has 0 aliphatic heterocycles. The van der Waals surface area contributed by atoms with Crippen LogP contribution in [0.15, 0.2) is 49.1 Å². The number of hydrogen-bond acceptors (Lipinski definition) is 2. The van der Waals surface area contributed by atoms with Crippen LogP contribution in [0, 0.1) is 0 Å². The number of aryl methyl sites for hydroxylation is 2. The Bertz CT molecular complexity index is 685. The van der Waals surface area contributed by atoms with Crippen LogP contribution in [0.1, 0.15) is 11.3 Å². The number of aromatic nitrogens is 3. The molecule has 0 bridgehead atoms. The van der Waals surface area contributed by atoms with Crippen molar-refractivity contribution in [2.24, 2.45) is 0 Å². The lowest BCUT2D eigenvalue weighted by atomic mass is 10.1. The zero-order chi connectivity index (χ0) is 13.1. The number of alkyl halides is 1. The largest absolute Gasteiger partial charge is 0.333 e. The summed E-state index contributed by atoms with van der Waals surface area (Å²) in [5, 5.41) is 1.18. The van der Waals surface area contributed by atoms with Crippen LogP contribution in [-0.2, 0) is 18.8 Å². The van der Waals surface area contributed by atoms with Crippen molar-refractivity contribution in [1.82, 2.24) is 14.5 Å². The molecule has 3 rings (SSSR count). The second-order valence-corrected chi connectivity index (χ2v) is 4.72. The molecule has 0 spiro atoms. The first-order valence-electron chi connectivity index (χ1n) is 6.26. The van der Waals surface area contributed by atoms with Crippen molar-refractivity contribution >= 4 is 22.5 Å². The highest BCUT2D eigenvalue weighted by Gasteiger charge is 2.04. The lowest BCUT2D eigenvalue weighted by Crippen LogP contribution is -2.03. The smallest absolute Gasteiger partial charge is 0.0948 e. The quantitative estimate of drug-likeness (QED) is 0.681. The van der Waals surface area contributed by atoms with Gasteiger partial charge >= 0.3 is 0 Å². The van der Waals surface area contributed by atoms with E-state index in [0.717, 1.165) is 24.2 Å². The summed E-state index contributed by atoms with van der Waals surface area (Å²) in [4.78, 5) is 8.60. The molecule has 0 unspecified atom stereocenters. The third-order valence-corrected chi connectivity index (χ3v) is 3.55. The molecule has 1 aromatic carbocycles. The molecular weight excluding hydrogens is 258 g/mol. The second-order valence-electron chi connectivity index (χ2n) is 4.45. The highest BCUT2D eigenvalue weighted by Crippen LogP contribution is 2.17. The van der Waals surface area contributed by atoms with Crippen molar-refractivity contribution in [3.63, 3.8) is 0 Å². The molecule has 3 aromatic rings. The van der Waals surface area contributed by atoms with Gasteiger partial charge in [-0.05, 0) is 18.1 Å². The standard InChI is InChI=1S/C15H14ClN3/c16-9-14-10-17-11-19(14)8-6-13-4-1-3-12-5-2-7-18-15(12)13/h1-5,7,10-11H,6,8-9H2. The maximum absolute atomic E-state index is 5.88. The fraction of sp³-hybridized carbons (Fsp3) is 0.200. The second kappa shape index (κ2) is 5.41. The van der Waals surface area contributed by atoms with Crippen LogP contribution < -0.4 is 0 Å². The number of para-hydroxylation sites is 1. The van der Waals surface area contributed by atoms with Crippen LogP contribution >= 0.6 is 11.6 Å². The Hall–Kier alpha value is -1.87. The molecule has 19 heavy (non-hydrogen) atoms. The summed E-state index contributed by atoms with van der Waals surface area (Å²) < 4.78 is 2.09. The van der Waals surface area contributed by atoms with Crippen LogP contribution in [0.3, 0.4) is 0 Å². The van der Waals surface area contributed by atoms with E-state index in [4.69, 9.17) is 11.6 Å². The molecule has 2 aromatic heterocycles. The Labute approximate surface area is 116 Å². The van der Waals surface area contributed by atoms with Gasteiger partial charge in [-0.3, -0.25) is 4.98 Å². The lowest BCUT2D eigenvalue weighted by Gasteiger charge is -2.08. The van der Waals surface area contributed by atoms with E-state index in [-0.39, 0.29) is 0 Å². The van der Waals surface area contributed by atoms with Crippen molar-refractivity contribution in [3.05, 3.63) is 60.3 Å². The average Bonchev–Trinajstić information content (AvgIpc) is 2.92. The van der Waals surface area contributed by atoms with Gasteiger partial charge < -0.3 is 4.57 Å². The molecule has 0 N–H and O–H groups in total. The summed E-state index contributed by atoms with van der Waals surface area (Å²) in [7, 11) is 0. The zero-order valence-electron chi connectivity index (χ0n) is 10.5. The summed E-state index contributed by atoms with van der Waals surface area (Å²) in [5.41, 5.74) is 3.39. The van der Waals surface area contributed by atoms with Gasteiger partial charge in [-0.25, -0.2) is 4.98 Å². The average molecular weight is 272 g/mol. The van der Waals surface area contributed by atoms with Gasteiger partial charge in [-0.2, -0.15) is 0 Å². The third-order valence-electron chi connectivity index (χ3n) is 3.27. The summed E-state index contributed by atoms with van der Waals surface area (Å²) in [6, 6.07) is 10.4. The van der Waals surface area contributed by atoms with Crippen molar-refractivity contribution in [1.29, 1.82) is 0 Å². The van der Waals surface area contributed by atoms with E-state index in [0.29, 0.717) is 5.88 Å². The van der Waals surface area contributed by atoms with Gasteiger partial charge in [0.1, 0.15) is 0 Å². The molecule has 0 aliphatic carbocycles. The molecule has 4 heteroatoms. The molecule has 0 saturated heterocycles. The van der Waals surface area contributed by atoms with Gasteiger partial charge in [-0.1, -0.05) is 24.3 Å². The highest BCUT2D eigenvalue weighted by atomic mass is 35.5. The minimum absolute atomic E-state index is 0.494. The number of fused-ring (bicyclic) bond motifs is 1. The molecule has 0 fully saturated rings. The summed E-state index contributed by atoms with van der Waals surface area (Å²) in [5.74, 6) is 0.494. The predicted octanol–water partition coefficient (Wildman–Crippen LogP) is 3.41. The van der Waals surface area contributed by atoms with Crippen LogP contribution in [0.25, 0.3) is 10.9 Å². The fourth-order valence-corrected chi connectivity index (χ4v) is 2.49. The first-order valence-corrected chi connectivity index (χ1v) is 6.79. The van der Waals surface area contributed by atoms with Gasteiger partial charge in [0.2, 0.25) is 0 Å². The van der Waals surface area contributed by atoms with Gasteiger partial charge in [0.25, 0.3) is 0 Å². The third kappa shape index (κ3) is 2.47. The molecule has 0 amide bonds. The molecule has 0 aliphatic rings. The number of nitrogens with zero attached hydrogens (tertiary/aromatic N) is 3. The Kier molecular flexibility index (Phi) is 3.47. The van der Waals surface area contributed by atoms with E-state index in [1.165, 1.54) is 10.9 Å². The molecular formula is C15H14ClN3. The molecule has 96 valence electrons. The van der Waals surface area contributed by atoms with E-state index in [1.54, 1.807) is 0 Å². The van der Waals surface area contributed by atoms with Crippen LogP contribution in [0.4, 0.5) is 0 Å². The maximum atomic E-state index is 5.88. The minimum Gasteiger partial charge on any atom is -0.333 e. The monoisotopic (exact) mass is 271 g/mol. The van der Waals surface area contributed by atoms with Crippen LogP contribution in [0.2, 0.25) is 0 Å². The summed E-state index contributed by atoms with van der Waals surface area (Å²) >= 11 is 5.88. The van der Waals surface area contributed by atoms with Crippen molar-refractivity contribution in [2.75, 3.05) is 0 Å². The lowest BCUT2D eigenvalue weighted by molar-refractivity contribution is 0.676. The minimum atomic E-state index is 0.494. The highest BCUT2D eigenvalue weighted by molar-refractivity contribution is 6.16. The topological polar surface area (TPSA) is 30.7 Å². The number of halogens is 1. The normalized spacial score (nSPS) is 11.0. The van der Waals surface area contributed by atoms with E-state index in [9.17, 15) is 0 Å². The summed E-state index contributed by atoms with van der Waals surface area (Å²) in [6.45, 7) is 0.873. The number of rotatable bonds is 4. The Morgan fingerprint density at radius 2 is 2.05 bits per heavy atom. The van der Waals surface area contributed by atoms with Gasteiger partial charge in [0.05, 0.1) is 23.4 Å². The number of imidazole rings is 1. The fourth-order valence-electron chi connectivity index (χ4n) is 2.27. The first kappa shape index (κ1) is 12.2. The summed E-state index contributed by atoms with van der Waals surface area (Å²) in [6.07, 6.45) is 6.41. The Morgan fingerprint density at radius 3 is 2.95 bits per heavy atom. The van der Waals surface area contributed by atoms with Crippen molar-refractivity contribution in [2.45, 2.75) is 18.8 Å². The molecule has 3 nitrogen and oxygen atoms in total. The van der Waals surface area contributed by atoms with E-state index >= 15 is 0 Å². The van der Waals surface area contributed by atoms with Crippen molar-refractivity contribution < 1.29 is 0 Å². The van der Waals surface area contributed by atoms with Crippen molar-refractivity contribution in [3.8, 4) is 0 Å². The first-order chi connectivity index (χ1) is 9.38. The Morgan fingerprint density at radius 1 is 1.16 bits per heavy atom. The maximum Gasteiger partial charge on any atom is 0.0948 e. The molecule has 0 saturated carbocycles. The van der Waals surface area contributed by atoms with Gasteiger partial charge in [0.15, 0.2) is 0 Å². The van der Waals surface area contributed by atoms with Gasteiger partial charge in [0, 0.05) is 24.3 Å². The van der Waals surface area contributed by atoms with Crippen LogP contribution in [0.5, 0.6) is 0 Å². The van der Waals surface area contributed by atoms with E-state index < -0.39 is 0 Å². The SMILES string of the molecule is ClCc1cncn1CCc1cccc2cccnc12. The molecule has 0 radical (unpaired) electrons. The number of benzene rings is 1. The molecule has 0 atom stereocenters. The predicted molar refractivity (Wildman–Crippen MR) is 77.2 cm³/mol. The number of hydrogen-bond donors (Lipinski definition) is 0. The zero-order valence-corrected chi connectivity index (χ0v) is 11.2. The van der Waals surface area contributed by atoms with E-state index in [2.05, 4.69) is 38.8 Å². The Balaban J connectivity index is 1.86.